The van der Waals surface area contributed by atoms with Gasteiger partial charge in [-0.3, -0.25) is 0 Å². The van der Waals surface area contributed by atoms with E-state index in [-0.39, 0.29) is 11.8 Å². The molecule has 0 radical (unpaired) electrons. The lowest BCUT2D eigenvalue weighted by Gasteiger charge is -2.30. The van der Waals surface area contributed by atoms with E-state index in [0.717, 1.165) is 12.7 Å². The molecule has 3 rings (SSSR count). The maximum atomic E-state index is 11.2. The van der Waals surface area contributed by atoms with Crippen molar-refractivity contribution in [1.29, 1.82) is 0 Å². The molecule has 1 heteroatoms. The third-order valence-corrected chi connectivity index (χ3v) is 3.90. The quantitative estimate of drug-likeness (QED) is 0.729. The van der Waals surface area contributed by atoms with Crippen molar-refractivity contribution in [2.75, 3.05) is 0 Å². The second-order valence-electron chi connectivity index (χ2n) is 5.05. The van der Waals surface area contributed by atoms with Crippen LogP contribution in [0.2, 0.25) is 0 Å². The first kappa shape index (κ1) is 11.2. The molecular formula is C17H16O. The van der Waals surface area contributed by atoms with Crippen LogP contribution in [-0.2, 0) is 11.2 Å². The predicted molar refractivity (Wildman–Crippen MR) is 72.8 cm³/mol. The van der Waals surface area contributed by atoms with Crippen LogP contribution in [0.5, 0.6) is 0 Å². The maximum Gasteiger partial charge on any atom is 0.123 e. The minimum absolute atomic E-state index is 0.0209. The Bertz CT molecular complexity index is 540. The molecule has 0 N–H and O–H groups in total. The first-order valence-corrected chi connectivity index (χ1v) is 6.42. The van der Waals surface area contributed by atoms with Gasteiger partial charge >= 0.3 is 0 Å². The van der Waals surface area contributed by atoms with Crippen LogP contribution in [0.25, 0.3) is 0 Å². The molecule has 0 saturated heterocycles. The van der Waals surface area contributed by atoms with Crippen LogP contribution in [0.15, 0.2) is 48.5 Å². The fraction of sp³-hybridized carbons (Fsp3) is 0.235. The number of hydrogen-bond donors (Lipinski definition) is 0. The lowest BCUT2D eigenvalue weighted by molar-refractivity contribution is -0.111. The SMILES string of the molecule is C[C@@H](C=O)C1c2ccccc2Cc2ccccc21. The van der Waals surface area contributed by atoms with E-state index in [1.807, 2.05) is 6.92 Å². The van der Waals surface area contributed by atoms with E-state index in [4.69, 9.17) is 0 Å². The standard InChI is InChI=1S/C17H16O/c1-12(11-18)17-15-8-4-2-6-13(15)10-14-7-3-5-9-16(14)17/h2-9,11-12,17H,10H2,1H3/t12-/m0/s1. The van der Waals surface area contributed by atoms with Crippen LogP contribution >= 0.6 is 0 Å². The molecular weight excluding hydrogens is 220 g/mol. The van der Waals surface area contributed by atoms with Crippen LogP contribution in [0.3, 0.4) is 0 Å². The zero-order chi connectivity index (χ0) is 12.5. The third kappa shape index (κ3) is 1.67. The smallest absolute Gasteiger partial charge is 0.123 e. The minimum atomic E-state index is 0.0209. The first-order chi connectivity index (χ1) is 8.81. The van der Waals surface area contributed by atoms with Crippen LogP contribution in [0, 0.1) is 5.92 Å². The molecule has 0 aromatic heterocycles. The molecule has 0 bridgehead atoms. The van der Waals surface area contributed by atoms with Gasteiger partial charge in [-0.05, 0) is 28.7 Å². The highest BCUT2D eigenvalue weighted by molar-refractivity contribution is 5.61. The van der Waals surface area contributed by atoms with Crippen molar-refractivity contribution >= 4 is 6.29 Å². The molecule has 2 aromatic carbocycles. The Morgan fingerprint density at radius 2 is 1.50 bits per heavy atom. The van der Waals surface area contributed by atoms with Gasteiger partial charge in [0.1, 0.15) is 6.29 Å². The van der Waals surface area contributed by atoms with Crippen molar-refractivity contribution in [3.05, 3.63) is 70.8 Å². The maximum absolute atomic E-state index is 11.2. The monoisotopic (exact) mass is 236 g/mol. The Kier molecular flexibility index (Phi) is 2.75. The van der Waals surface area contributed by atoms with Gasteiger partial charge in [-0.15, -0.1) is 0 Å². The van der Waals surface area contributed by atoms with E-state index in [1.54, 1.807) is 0 Å². The summed E-state index contributed by atoms with van der Waals surface area (Å²) >= 11 is 0. The van der Waals surface area contributed by atoms with E-state index >= 15 is 0 Å². The highest BCUT2D eigenvalue weighted by Gasteiger charge is 2.28. The Hall–Kier alpha value is -1.89. The summed E-state index contributed by atoms with van der Waals surface area (Å²) in [6, 6.07) is 17.0. The summed E-state index contributed by atoms with van der Waals surface area (Å²) in [6.45, 7) is 2.01. The van der Waals surface area contributed by atoms with Crippen molar-refractivity contribution in [2.45, 2.75) is 19.3 Å². The van der Waals surface area contributed by atoms with Gasteiger partial charge in [0, 0.05) is 11.8 Å². The molecule has 1 atom stereocenters. The van der Waals surface area contributed by atoms with Gasteiger partial charge in [-0.25, -0.2) is 0 Å². The summed E-state index contributed by atoms with van der Waals surface area (Å²) in [4.78, 5) is 11.2. The predicted octanol–water partition coefficient (Wildman–Crippen LogP) is 3.56. The summed E-state index contributed by atoms with van der Waals surface area (Å²) < 4.78 is 0. The average Bonchev–Trinajstić information content (AvgIpc) is 2.44. The molecule has 0 saturated carbocycles. The summed E-state index contributed by atoms with van der Waals surface area (Å²) in [5.41, 5.74) is 5.34. The van der Waals surface area contributed by atoms with Crippen LogP contribution < -0.4 is 0 Å². The molecule has 2 aromatic rings. The van der Waals surface area contributed by atoms with E-state index in [9.17, 15) is 4.79 Å². The summed E-state index contributed by atoms with van der Waals surface area (Å²) in [5.74, 6) is 0.233. The fourth-order valence-corrected chi connectivity index (χ4v) is 3.01. The normalized spacial score (nSPS) is 15.6. The lowest BCUT2D eigenvalue weighted by Crippen LogP contribution is -2.20. The summed E-state index contributed by atoms with van der Waals surface area (Å²) in [5, 5.41) is 0. The zero-order valence-electron chi connectivity index (χ0n) is 10.5. The van der Waals surface area contributed by atoms with Crippen molar-refractivity contribution in [1.82, 2.24) is 0 Å². The molecule has 1 aliphatic carbocycles. The molecule has 0 fully saturated rings. The number of fused-ring (bicyclic) bond motifs is 2. The molecule has 0 spiro atoms. The Labute approximate surface area is 107 Å². The second-order valence-corrected chi connectivity index (χ2v) is 5.05. The van der Waals surface area contributed by atoms with E-state index in [2.05, 4.69) is 48.5 Å². The first-order valence-electron chi connectivity index (χ1n) is 6.42. The largest absolute Gasteiger partial charge is 0.303 e. The zero-order valence-corrected chi connectivity index (χ0v) is 10.5. The average molecular weight is 236 g/mol. The van der Waals surface area contributed by atoms with E-state index < -0.39 is 0 Å². The second kappa shape index (κ2) is 4.41. The molecule has 18 heavy (non-hydrogen) atoms. The van der Waals surface area contributed by atoms with Crippen LogP contribution in [0.4, 0.5) is 0 Å². The van der Waals surface area contributed by atoms with Crippen molar-refractivity contribution < 1.29 is 4.79 Å². The fourth-order valence-electron chi connectivity index (χ4n) is 3.01. The highest BCUT2D eigenvalue weighted by atomic mass is 16.1. The number of carbonyl (C=O) groups is 1. The summed E-state index contributed by atoms with van der Waals surface area (Å²) in [7, 11) is 0. The summed E-state index contributed by atoms with van der Waals surface area (Å²) in [6.07, 6.45) is 2.05. The van der Waals surface area contributed by atoms with Gasteiger partial charge in [-0.1, -0.05) is 55.5 Å². The number of aldehydes is 1. The van der Waals surface area contributed by atoms with Crippen LogP contribution in [0.1, 0.15) is 35.1 Å². The minimum Gasteiger partial charge on any atom is -0.303 e. The molecule has 0 amide bonds. The highest BCUT2D eigenvalue weighted by Crippen LogP contribution is 2.40. The van der Waals surface area contributed by atoms with Gasteiger partial charge in [0.05, 0.1) is 0 Å². The topological polar surface area (TPSA) is 17.1 Å². The number of hydrogen-bond acceptors (Lipinski definition) is 1. The molecule has 0 heterocycles. The number of benzene rings is 2. The molecule has 0 unspecified atom stereocenters. The van der Waals surface area contributed by atoms with Crippen LogP contribution in [-0.4, -0.2) is 6.29 Å². The Morgan fingerprint density at radius 1 is 1.00 bits per heavy atom. The molecule has 1 nitrogen and oxygen atoms in total. The molecule has 0 aliphatic heterocycles. The van der Waals surface area contributed by atoms with E-state index in [1.165, 1.54) is 22.3 Å². The molecule has 90 valence electrons. The van der Waals surface area contributed by atoms with Gasteiger partial charge < -0.3 is 4.79 Å². The van der Waals surface area contributed by atoms with Gasteiger partial charge in [0.25, 0.3) is 0 Å². The lowest BCUT2D eigenvalue weighted by atomic mass is 9.73. The Balaban J connectivity index is 2.20. The van der Waals surface area contributed by atoms with Gasteiger partial charge in [0.15, 0.2) is 0 Å². The van der Waals surface area contributed by atoms with Gasteiger partial charge in [0.2, 0.25) is 0 Å². The third-order valence-electron chi connectivity index (χ3n) is 3.90. The van der Waals surface area contributed by atoms with Crippen molar-refractivity contribution in [3.63, 3.8) is 0 Å². The van der Waals surface area contributed by atoms with Gasteiger partial charge in [-0.2, -0.15) is 0 Å². The molecule has 1 aliphatic rings. The van der Waals surface area contributed by atoms with Crippen molar-refractivity contribution in [3.8, 4) is 0 Å². The van der Waals surface area contributed by atoms with E-state index in [0.29, 0.717) is 0 Å². The Morgan fingerprint density at radius 3 is 2.00 bits per heavy atom. The number of carbonyl (C=O) groups excluding carboxylic acids is 1. The number of rotatable bonds is 2. The van der Waals surface area contributed by atoms with Crippen molar-refractivity contribution in [2.24, 2.45) is 5.92 Å².